The molecule has 7 heteroatoms. The molecule has 110 valence electrons. The molecule has 0 radical (unpaired) electrons. The molecular formula is C13H15F2NO3S. The summed E-state index contributed by atoms with van der Waals surface area (Å²) < 4.78 is 26.4. The normalized spacial score (nSPS) is 11.9. The van der Waals surface area contributed by atoms with Crippen molar-refractivity contribution in [3.05, 3.63) is 35.4 Å². The van der Waals surface area contributed by atoms with Gasteiger partial charge in [0.1, 0.15) is 17.7 Å². The van der Waals surface area contributed by atoms with E-state index in [1.165, 1.54) is 11.8 Å². The Morgan fingerprint density at radius 2 is 2.10 bits per heavy atom. The summed E-state index contributed by atoms with van der Waals surface area (Å²) >= 11 is 1.53. The summed E-state index contributed by atoms with van der Waals surface area (Å²) in [6.45, 7) is 1.93. The Balaban J connectivity index is 2.75. The molecule has 1 unspecified atom stereocenters. The molecule has 2 N–H and O–H groups in total. The van der Waals surface area contributed by atoms with E-state index >= 15 is 0 Å². The third-order valence-corrected chi connectivity index (χ3v) is 3.46. The highest BCUT2D eigenvalue weighted by Gasteiger charge is 2.22. The van der Waals surface area contributed by atoms with E-state index in [9.17, 15) is 18.4 Å². The number of thioether (sulfide) groups is 1. The lowest BCUT2D eigenvalue weighted by Gasteiger charge is -2.14. The van der Waals surface area contributed by atoms with Gasteiger partial charge in [0.05, 0.1) is 5.56 Å². The van der Waals surface area contributed by atoms with Gasteiger partial charge in [0.2, 0.25) is 0 Å². The van der Waals surface area contributed by atoms with Crippen molar-refractivity contribution in [2.45, 2.75) is 19.4 Å². The smallest absolute Gasteiger partial charge is 0.326 e. The van der Waals surface area contributed by atoms with Gasteiger partial charge in [-0.05, 0) is 36.1 Å². The SMILES string of the molecule is CCSCCC(NC(=O)c1cc(F)ccc1F)C(=O)O. The van der Waals surface area contributed by atoms with E-state index in [2.05, 4.69) is 5.32 Å². The molecule has 0 aliphatic carbocycles. The lowest BCUT2D eigenvalue weighted by Crippen LogP contribution is -2.41. The number of hydrogen-bond acceptors (Lipinski definition) is 3. The molecular weight excluding hydrogens is 288 g/mol. The summed E-state index contributed by atoms with van der Waals surface area (Å²) in [6.07, 6.45) is 0.219. The topological polar surface area (TPSA) is 66.4 Å². The van der Waals surface area contributed by atoms with Gasteiger partial charge in [-0.1, -0.05) is 6.92 Å². The summed E-state index contributed by atoms with van der Waals surface area (Å²) in [5.41, 5.74) is -0.501. The van der Waals surface area contributed by atoms with Crippen molar-refractivity contribution in [3.63, 3.8) is 0 Å². The first-order valence-electron chi connectivity index (χ1n) is 6.02. The van der Waals surface area contributed by atoms with E-state index in [-0.39, 0.29) is 6.42 Å². The zero-order chi connectivity index (χ0) is 15.1. The zero-order valence-corrected chi connectivity index (χ0v) is 11.7. The van der Waals surface area contributed by atoms with Crippen molar-refractivity contribution in [2.75, 3.05) is 11.5 Å². The standard InChI is InChI=1S/C13H15F2NO3S/c1-2-20-6-5-11(13(18)19)16-12(17)9-7-8(14)3-4-10(9)15/h3-4,7,11H,2,5-6H2,1H3,(H,16,17)(H,18,19). The Bertz CT molecular complexity index is 497. The van der Waals surface area contributed by atoms with Crippen molar-refractivity contribution in [1.29, 1.82) is 0 Å². The second-order valence-corrected chi connectivity index (χ2v) is 5.37. The van der Waals surface area contributed by atoms with Crippen LogP contribution < -0.4 is 5.32 Å². The van der Waals surface area contributed by atoms with E-state index in [1.54, 1.807) is 0 Å². The molecule has 0 aliphatic heterocycles. The van der Waals surface area contributed by atoms with E-state index in [1.807, 2.05) is 6.92 Å². The fraction of sp³-hybridized carbons (Fsp3) is 0.385. The average Bonchev–Trinajstić information content (AvgIpc) is 2.40. The molecule has 0 fully saturated rings. The van der Waals surface area contributed by atoms with Gasteiger partial charge in [0, 0.05) is 0 Å². The monoisotopic (exact) mass is 303 g/mol. The second kappa shape index (κ2) is 7.84. The first-order chi connectivity index (χ1) is 9.45. The van der Waals surface area contributed by atoms with Crippen LogP contribution in [0.25, 0.3) is 0 Å². The quantitative estimate of drug-likeness (QED) is 0.759. The number of hydrogen-bond donors (Lipinski definition) is 2. The van der Waals surface area contributed by atoms with Crippen molar-refractivity contribution in [2.24, 2.45) is 0 Å². The van der Waals surface area contributed by atoms with Gasteiger partial charge in [-0.25, -0.2) is 13.6 Å². The van der Waals surface area contributed by atoms with Crippen LogP contribution in [0.3, 0.4) is 0 Å². The maximum Gasteiger partial charge on any atom is 0.326 e. The van der Waals surface area contributed by atoms with E-state index in [0.717, 1.165) is 24.0 Å². The summed E-state index contributed by atoms with van der Waals surface area (Å²) in [7, 11) is 0. The van der Waals surface area contributed by atoms with Crippen molar-refractivity contribution in [3.8, 4) is 0 Å². The number of carbonyl (C=O) groups is 2. The Labute approximate surface area is 119 Å². The summed E-state index contributed by atoms with van der Waals surface area (Å²) in [5, 5.41) is 11.2. The highest BCUT2D eigenvalue weighted by Crippen LogP contribution is 2.11. The van der Waals surface area contributed by atoms with Crippen LogP contribution in [0.15, 0.2) is 18.2 Å². The molecule has 0 aromatic heterocycles. The van der Waals surface area contributed by atoms with Crippen LogP contribution >= 0.6 is 11.8 Å². The van der Waals surface area contributed by atoms with Gasteiger partial charge in [-0.15, -0.1) is 0 Å². The zero-order valence-electron chi connectivity index (χ0n) is 10.9. The van der Waals surface area contributed by atoms with Crippen LogP contribution in [-0.4, -0.2) is 34.5 Å². The molecule has 0 saturated carbocycles. The number of amides is 1. The Hall–Kier alpha value is -1.63. The molecule has 1 amide bonds. The van der Waals surface area contributed by atoms with Crippen molar-refractivity contribution >= 4 is 23.6 Å². The number of benzene rings is 1. The van der Waals surface area contributed by atoms with Crippen LogP contribution in [0, 0.1) is 11.6 Å². The first kappa shape index (κ1) is 16.4. The van der Waals surface area contributed by atoms with Crippen LogP contribution in [0.4, 0.5) is 8.78 Å². The van der Waals surface area contributed by atoms with Gasteiger partial charge in [0.15, 0.2) is 0 Å². The van der Waals surface area contributed by atoms with Crippen LogP contribution in [0.1, 0.15) is 23.7 Å². The van der Waals surface area contributed by atoms with Crippen LogP contribution in [0.2, 0.25) is 0 Å². The largest absolute Gasteiger partial charge is 0.480 e. The molecule has 0 heterocycles. The predicted octanol–water partition coefficient (Wildman–Crippen LogP) is 2.29. The van der Waals surface area contributed by atoms with Gasteiger partial charge in [-0.2, -0.15) is 11.8 Å². The number of halogens is 2. The Kier molecular flexibility index (Phi) is 6.44. The van der Waals surface area contributed by atoms with Crippen molar-refractivity contribution in [1.82, 2.24) is 5.32 Å². The first-order valence-corrected chi connectivity index (χ1v) is 7.17. The lowest BCUT2D eigenvalue weighted by molar-refractivity contribution is -0.139. The second-order valence-electron chi connectivity index (χ2n) is 3.97. The molecule has 20 heavy (non-hydrogen) atoms. The summed E-state index contributed by atoms with van der Waals surface area (Å²) in [4.78, 5) is 22.8. The number of rotatable bonds is 7. The molecule has 0 saturated heterocycles. The minimum Gasteiger partial charge on any atom is -0.480 e. The molecule has 0 aliphatic rings. The highest BCUT2D eigenvalue weighted by molar-refractivity contribution is 7.99. The third-order valence-electron chi connectivity index (χ3n) is 2.53. The van der Waals surface area contributed by atoms with Crippen molar-refractivity contribution < 1.29 is 23.5 Å². The Morgan fingerprint density at radius 1 is 1.40 bits per heavy atom. The van der Waals surface area contributed by atoms with Crippen LogP contribution in [0.5, 0.6) is 0 Å². The molecule has 0 spiro atoms. The molecule has 1 aromatic carbocycles. The summed E-state index contributed by atoms with van der Waals surface area (Å²) in [6, 6.07) is 1.33. The number of carbonyl (C=O) groups excluding carboxylic acids is 1. The maximum atomic E-state index is 13.4. The number of nitrogens with one attached hydrogen (secondary N) is 1. The van der Waals surface area contributed by atoms with Gasteiger partial charge in [0.25, 0.3) is 5.91 Å². The lowest BCUT2D eigenvalue weighted by atomic mass is 10.1. The Morgan fingerprint density at radius 3 is 2.70 bits per heavy atom. The number of carboxylic acids is 1. The fourth-order valence-electron chi connectivity index (χ4n) is 1.51. The van der Waals surface area contributed by atoms with Gasteiger partial charge < -0.3 is 10.4 Å². The molecule has 1 rings (SSSR count). The molecule has 1 aromatic rings. The van der Waals surface area contributed by atoms with Gasteiger partial charge in [-0.3, -0.25) is 4.79 Å². The fourth-order valence-corrected chi connectivity index (χ4v) is 2.20. The minimum atomic E-state index is -1.20. The molecule has 0 bridgehead atoms. The van der Waals surface area contributed by atoms with E-state index in [0.29, 0.717) is 5.75 Å². The molecule has 4 nitrogen and oxygen atoms in total. The van der Waals surface area contributed by atoms with E-state index in [4.69, 9.17) is 5.11 Å². The number of carboxylic acid groups (broad SMARTS) is 1. The van der Waals surface area contributed by atoms with E-state index < -0.39 is 35.1 Å². The highest BCUT2D eigenvalue weighted by atomic mass is 32.2. The maximum absolute atomic E-state index is 13.4. The molecule has 1 atom stereocenters. The number of aliphatic carboxylic acids is 1. The van der Waals surface area contributed by atoms with Gasteiger partial charge >= 0.3 is 5.97 Å². The summed E-state index contributed by atoms with van der Waals surface area (Å²) in [5.74, 6) is -2.40. The average molecular weight is 303 g/mol. The van der Waals surface area contributed by atoms with Crippen LogP contribution in [-0.2, 0) is 4.79 Å². The minimum absolute atomic E-state index is 0.219. The third kappa shape index (κ3) is 4.80. The predicted molar refractivity (Wildman–Crippen MR) is 72.9 cm³/mol.